The standard InChI is InChI=1S/C11H8N.C9H10N3.Ir/c1-2-6-10(7-3-1)11-8-4-5-9-12-11;1-11-6-7-12(8-11)9-4-2-3-5-10-9;/h1-6,8-9H;2-8H,1H3;/q2*-1;. The summed E-state index contributed by atoms with van der Waals surface area (Å²) in [5.41, 5.74) is 2.01. The van der Waals surface area contributed by atoms with Gasteiger partial charge in [-0.3, -0.25) is 0 Å². The summed E-state index contributed by atoms with van der Waals surface area (Å²) < 4.78 is 0. The molecule has 1 aromatic carbocycles. The van der Waals surface area contributed by atoms with Crippen molar-refractivity contribution in [2.75, 3.05) is 11.9 Å². The molecule has 1 aliphatic rings. The maximum absolute atomic E-state index is 4.22. The molecule has 5 heteroatoms. The van der Waals surface area contributed by atoms with Crippen molar-refractivity contribution in [3.8, 4) is 11.3 Å². The molecule has 0 atom stereocenters. The fourth-order valence-electron chi connectivity index (χ4n) is 2.17. The first kappa shape index (κ1) is 18.8. The second-order valence-corrected chi connectivity index (χ2v) is 5.17. The van der Waals surface area contributed by atoms with Crippen molar-refractivity contribution in [3.05, 3.63) is 98.2 Å². The molecule has 129 valence electrons. The van der Waals surface area contributed by atoms with Crippen LogP contribution in [0.15, 0.2) is 85.5 Å². The van der Waals surface area contributed by atoms with Crippen LogP contribution in [0.1, 0.15) is 0 Å². The minimum atomic E-state index is 0. The number of hydrogen-bond donors (Lipinski definition) is 0. The zero-order chi connectivity index (χ0) is 16.6. The minimum Gasteiger partial charge on any atom is -0.510 e. The largest absolute Gasteiger partial charge is 0.510 e. The molecule has 2 aromatic heterocycles. The van der Waals surface area contributed by atoms with E-state index in [-0.39, 0.29) is 20.1 Å². The van der Waals surface area contributed by atoms with Crippen LogP contribution >= 0.6 is 0 Å². The van der Waals surface area contributed by atoms with E-state index in [1.54, 1.807) is 12.4 Å². The summed E-state index contributed by atoms with van der Waals surface area (Å²) in [6.45, 7) is 1.97. The Morgan fingerprint density at radius 1 is 0.880 bits per heavy atom. The van der Waals surface area contributed by atoms with Crippen molar-refractivity contribution in [3.63, 3.8) is 0 Å². The molecule has 0 unspecified atom stereocenters. The van der Waals surface area contributed by atoms with E-state index in [9.17, 15) is 0 Å². The molecule has 1 radical (unpaired) electrons. The molecular formula is C20H18IrN4-2. The van der Waals surface area contributed by atoms with Gasteiger partial charge >= 0.3 is 0 Å². The van der Waals surface area contributed by atoms with E-state index in [1.807, 2.05) is 96.6 Å². The molecule has 0 saturated carbocycles. The molecule has 0 saturated heterocycles. The molecule has 4 nitrogen and oxygen atoms in total. The smallest absolute Gasteiger partial charge is 0.104 e. The summed E-state index contributed by atoms with van der Waals surface area (Å²) >= 11 is 0. The molecule has 0 spiro atoms. The van der Waals surface area contributed by atoms with Crippen molar-refractivity contribution in [2.45, 2.75) is 0 Å². The van der Waals surface area contributed by atoms with Crippen LogP contribution in [-0.4, -0.2) is 21.9 Å². The maximum Gasteiger partial charge on any atom is 0.104 e. The first-order valence-electron chi connectivity index (χ1n) is 7.66. The van der Waals surface area contributed by atoms with Crippen molar-refractivity contribution < 1.29 is 20.1 Å². The van der Waals surface area contributed by atoms with E-state index in [2.05, 4.69) is 16.0 Å². The molecule has 0 fully saturated rings. The van der Waals surface area contributed by atoms with Gasteiger partial charge in [-0.1, -0.05) is 18.2 Å². The Labute approximate surface area is 162 Å². The molecular weight excluding hydrogens is 488 g/mol. The number of benzene rings is 1. The number of rotatable bonds is 2. The third-order valence-corrected chi connectivity index (χ3v) is 3.33. The van der Waals surface area contributed by atoms with Gasteiger partial charge in [0.25, 0.3) is 0 Å². The van der Waals surface area contributed by atoms with Crippen LogP contribution in [0.2, 0.25) is 0 Å². The fourth-order valence-corrected chi connectivity index (χ4v) is 2.17. The Morgan fingerprint density at radius 2 is 1.64 bits per heavy atom. The molecule has 3 heterocycles. The average molecular weight is 507 g/mol. The molecule has 25 heavy (non-hydrogen) atoms. The first-order chi connectivity index (χ1) is 11.8. The van der Waals surface area contributed by atoms with E-state index in [0.29, 0.717) is 0 Å². The van der Waals surface area contributed by atoms with Crippen LogP contribution in [0.3, 0.4) is 0 Å². The maximum atomic E-state index is 4.22. The summed E-state index contributed by atoms with van der Waals surface area (Å²) in [6, 6.07) is 22.7. The predicted octanol–water partition coefficient (Wildman–Crippen LogP) is 3.97. The van der Waals surface area contributed by atoms with Crippen molar-refractivity contribution in [1.29, 1.82) is 0 Å². The Morgan fingerprint density at radius 3 is 2.20 bits per heavy atom. The summed E-state index contributed by atoms with van der Waals surface area (Å²) in [6.07, 6.45) is 7.53. The zero-order valence-corrected chi connectivity index (χ0v) is 16.2. The molecule has 4 rings (SSSR count). The predicted molar refractivity (Wildman–Crippen MR) is 96.4 cm³/mol. The third kappa shape index (κ3) is 5.52. The number of pyridine rings is 2. The average Bonchev–Trinajstić information content (AvgIpc) is 3.11. The molecule has 0 amide bonds. The summed E-state index contributed by atoms with van der Waals surface area (Å²) in [5.74, 6) is 0.943. The van der Waals surface area contributed by atoms with Crippen LogP contribution in [0, 0.1) is 12.7 Å². The monoisotopic (exact) mass is 507 g/mol. The van der Waals surface area contributed by atoms with Gasteiger partial charge in [0.05, 0.1) is 0 Å². The Hall–Kier alpha value is -2.49. The van der Waals surface area contributed by atoms with E-state index >= 15 is 0 Å². The van der Waals surface area contributed by atoms with E-state index in [1.165, 1.54) is 0 Å². The second-order valence-electron chi connectivity index (χ2n) is 5.17. The topological polar surface area (TPSA) is 32.3 Å². The van der Waals surface area contributed by atoms with Crippen LogP contribution in [0.4, 0.5) is 5.82 Å². The van der Waals surface area contributed by atoms with Gasteiger partial charge in [-0.15, -0.1) is 42.6 Å². The van der Waals surface area contributed by atoms with Crippen LogP contribution < -0.4 is 4.90 Å². The van der Waals surface area contributed by atoms with Crippen molar-refractivity contribution >= 4 is 5.82 Å². The normalized spacial score (nSPS) is 12.2. The van der Waals surface area contributed by atoms with E-state index in [4.69, 9.17) is 0 Å². The van der Waals surface area contributed by atoms with Gasteiger partial charge in [0, 0.05) is 32.5 Å². The van der Waals surface area contributed by atoms with Crippen LogP contribution in [0.5, 0.6) is 0 Å². The van der Waals surface area contributed by atoms with E-state index < -0.39 is 0 Å². The van der Waals surface area contributed by atoms with Gasteiger partial charge in [-0.2, -0.15) is 0 Å². The summed E-state index contributed by atoms with van der Waals surface area (Å²) in [4.78, 5) is 12.4. The molecule has 0 N–H and O–H groups in total. The molecule has 1 aliphatic heterocycles. The zero-order valence-electron chi connectivity index (χ0n) is 13.8. The van der Waals surface area contributed by atoms with Crippen molar-refractivity contribution in [1.82, 2.24) is 14.9 Å². The van der Waals surface area contributed by atoms with Gasteiger partial charge in [0.1, 0.15) is 5.82 Å². The SMILES string of the molecule is CN1C=CN(c2ccccn2)[CH-]1.[Ir].[c-]1ccccc1-c1ccccn1. The van der Waals surface area contributed by atoms with Gasteiger partial charge in [-0.25, -0.2) is 4.98 Å². The Kier molecular flexibility index (Phi) is 7.33. The molecule has 0 bridgehead atoms. The third-order valence-electron chi connectivity index (χ3n) is 3.33. The Bertz CT molecular complexity index is 726. The second kappa shape index (κ2) is 9.72. The fraction of sp³-hybridized carbons (Fsp3) is 0.0500. The molecule has 3 aromatic rings. The van der Waals surface area contributed by atoms with E-state index in [0.717, 1.165) is 17.1 Å². The molecule has 0 aliphatic carbocycles. The number of hydrogen-bond acceptors (Lipinski definition) is 4. The quantitative estimate of drug-likeness (QED) is 0.493. The van der Waals surface area contributed by atoms with Gasteiger partial charge in [-0.05, 0) is 43.3 Å². The van der Waals surface area contributed by atoms with Crippen molar-refractivity contribution in [2.24, 2.45) is 0 Å². The number of anilines is 1. The Balaban J connectivity index is 0.000000173. The number of nitrogens with zero attached hydrogens (tertiary/aromatic N) is 4. The number of aromatic nitrogens is 2. The first-order valence-corrected chi connectivity index (χ1v) is 7.66. The van der Waals surface area contributed by atoms with Gasteiger partial charge < -0.3 is 14.8 Å². The van der Waals surface area contributed by atoms with Crippen LogP contribution in [0.25, 0.3) is 11.3 Å². The van der Waals surface area contributed by atoms with Gasteiger partial charge in [0.2, 0.25) is 0 Å². The summed E-state index contributed by atoms with van der Waals surface area (Å²) in [5, 5.41) is 0. The summed E-state index contributed by atoms with van der Waals surface area (Å²) in [7, 11) is 1.99. The minimum absolute atomic E-state index is 0. The van der Waals surface area contributed by atoms with Gasteiger partial charge in [0.15, 0.2) is 0 Å². The van der Waals surface area contributed by atoms with Crippen LogP contribution in [-0.2, 0) is 20.1 Å².